The Kier molecular flexibility index (Phi) is 6.61. The van der Waals surface area contributed by atoms with Crippen molar-refractivity contribution in [2.75, 3.05) is 0 Å². The second-order valence-electron chi connectivity index (χ2n) is 14.1. The van der Waals surface area contributed by atoms with Crippen molar-refractivity contribution in [3.8, 4) is 40.3 Å². The maximum absolute atomic E-state index is 10.3. The summed E-state index contributed by atoms with van der Waals surface area (Å²) in [6.45, 7) is 0. The van der Waals surface area contributed by atoms with Crippen LogP contribution in [0.4, 0.5) is 0 Å². The first-order valence-electron chi connectivity index (χ1n) is 18.3. The van der Waals surface area contributed by atoms with Crippen LogP contribution < -0.4 is 0 Å². The Morgan fingerprint density at radius 1 is 0.291 bits per heavy atom. The third-order valence-electron chi connectivity index (χ3n) is 11.0. The van der Waals surface area contributed by atoms with Gasteiger partial charge in [-0.2, -0.15) is 10.5 Å². The van der Waals surface area contributed by atoms with Gasteiger partial charge in [0.2, 0.25) is 0 Å². The van der Waals surface area contributed by atoms with Gasteiger partial charge in [0.25, 0.3) is 0 Å². The lowest BCUT2D eigenvalue weighted by Gasteiger charge is -2.14. The molecule has 0 unspecified atom stereocenters. The van der Waals surface area contributed by atoms with E-state index < -0.39 is 0 Å². The Hall–Kier alpha value is -7.86. The standard InChI is InChI=1S/C50H29N5/c51-30-32-20-22-49-43(26-32)44-29-37(54-45-16-5-1-12-39(45)40-13-2-6-17-46(40)54)21-23-50(44)53(49)36-11-9-10-34(27-36)35-24-33(31-52)25-38(28-35)55-47-18-7-3-14-41(47)42-15-4-8-19-48(42)55/h1-29H. The van der Waals surface area contributed by atoms with Crippen LogP contribution in [0, 0.1) is 22.7 Å². The number of aromatic nitrogens is 3. The van der Waals surface area contributed by atoms with Crippen LogP contribution in [0.25, 0.3) is 93.6 Å². The summed E-state index contributed by atoms with van der Waals surface area (Å²) in [6, 6.07) is 66.0. The van der Waals surface area contributed by atoms with Crippen molar-refractivity contribution in [3.63, 3.8) is 0 Å². The van der Waals surface area contributed by atoms with Crippen molar-refractivity contribution in [3.05, 3.63) is 187 Å². The van der Waals surface area contributed by atoms with E-state index >= 15 is 0 Å². The smallest absolute Gasteiger partial charge is 0.0992 e. The van der Waals surface area contributed by atoms with E-state index in [-0.39, 0.29) is 0 Å². The number of fused-ring (bicyclic) bond motifs is 9. The van der Waals surface area contributed by atoms with E-state index in [1.807, 2.05) is 24.3 Å². The van der Waals surface area contributed by atoms with E-state index in [1.54, 1.807) is 0 Å². The van der Waals surface area contributed by atoms with Crippen molar-refractivity contribution < 1.29 is 0 Å². The molecule has 11 rings (SSSR count). The lowest BCUT2D eigenvalue weighted by Crippen LogP contribution is -1.97. The van der Waals surface area contributed by atoms with Gasteiger partial charge in [-0.3, -0.25) is 0 Å². The monoisotopic (exact) mass is 699 g/mol. The van der Waals surface area contributed by atoms with Crippen LogP contribution in [0.1, 0.15) is 11.1 Å². The third-order valence-corrected chi connectivity index (χ3v) is 11.0. The van der Waals surface area contributed by atoms with E-state index in [4.69, 9.17) is 0 Å². The molecule has 3 aromatic heterocycles. The summed E-state index contributed by atoms with van der Waals surface area (Å²) in [7, 11) is 0. The summed E-state index contributed by atoms with van der Waals surface area (Å²) in [6.07, 6.45) is 0. The molecule has 0 aliphatic carbocycles. The highest BCUT2D eigenvalue weighted by Gasteiger charge is 2.18. The van der Waals surface area contributed by atoms with Crippen molar-refractivity contribution >= 4 is 65.4 Å². The SMILES string of the molecule is N#Cc1cc(-c2cccc(-n3c4ccc(C#N)cc4c4cc(-n5c6ccccc6c6ccccc65)ccc43)c2)cc(-n2c3ccccc3c3ccccc32)c1. The fourth-order valence-corrected chi connectivity index (χ4v) is 8.70. The van der Waals surface area contributed by atoms with Crippen LogP contribution in [0.2, 0.25) is 0 Å². The van der Waals surface area contributed by atoms with Gasteiger partial charge in [0.1, 0.15) is 0 Å². The summed E-state index contributed by atoms with van der Waals surface area (Å²) >= 11 is 0. The Bertz CT molecular complexity index is 3360. The van der Waals surface area contributed by atoms with E-state index in [2.05, 4.69) is 177 Å². The lowest BCUT2D eigenvalue weighted by atomic mass is 10.0. The van der Waals surface area contributed by atoms with Crippen molar-refractivity contribution in [2.45, 2.75) is 0 Å². The van der Waals surface area contributed by atoms with Gasteiger partial charge >= 0.3 is 0 Å². The molecule has 0 fully saturated rings. The quantitative estimate of drug-likeness (QED) is 0.184. The first kappa shape index (κ1) is 30.7. The number of nitriles is 2. The second-order valence-corrected chi connectivity index (χ2v) is 14.1. The van der Waals surface area contributed by atoms with Gasteiger partial charge < -0.3 is 13.7 Å². The first-order chi connectivity index (χ1) is 27.2. The number of para-hydroxylation sites is 4. The van der Waals surface area contributed by atoms with E-state index in [0.29, 0.717) is 11.1 Å². The topological polar surface area (TPSA) is 62.4 Å². The minimum absolute atomic E-state index is 0.596. The Morgan fingerprint density at radius 3 is 1.31 bits per heavy atom. The normalized spacial score (nSPS) is 11.6. The van der Waals surface area contributed by atoms with Crippen molar-refractivity contribution in [1.29, 1.82) is 10.5 Å². The zero-order valence-electron chi connectivity index (χ0n) is 29.5. The van der Waals surface area contributed by atoms with E-state index in [9.17, 15) is 10.5 Å². The fraction of sp³-hybridized carbons (Fsp3) is 0. The molecule has 0 bridgehead atoms. The molecule has 0 atom stereocenters. The first-order valence-corrected chi connectivity index (χ1v) is 18.3. The predicted molar refractivity (Wildman–Crippen MR) is 224 cm³/mol. The molecule has 0 spiro atoms. The summed E-state index contributed by atoms with van der Waals surface area (Å²) in [5.41, 5.74) is 12.7. The molecule has 0 saturated carbocycles. The van der Waals surface area contributed by atoms with Crippen LogP contribution in [0.3, 0.4) is 0 Å². The Labute approximate surface area is 316 Å². The van der Waals surface area contributed by atoms with Gasteiger partial charge in [0, 0.05) is 49.4 Å². The molecule has 0 aliphatic heterocycles. The average Bonchev–Trinajstić information content (AvgIpc) is 3.89. The van der Waals surface area contributed by atoms with Crippen LogP contribution in [0.5, 0.6) is 0 Å². The van der Waals surface area contributed by atoms with Gasteiger partial charge in [-0.05, 0) is 102 Å². The van der Waals surface area contributed by atoms with E-state index in [1.165, 1.54) is 21.5 Å². The van der Waals surface area contributed by atoms with E-state index in [0.717, 1.165) is 72.1 Å². The molecular formula is C50H29N5. The molecular weight excluding hydrogens is 671 g/mol. The molecule has 0 radical (unpaired) electrons. The predicted octanol–water partition coefficient (Wildman–Crippen LogP) is 12.4. The van der Waals surface area contributed by atoms with Gasteiger partial charge in [-0.1, -0.05) is 84.9 Å². The van der Waals surface area contributed by atoms with Gasteiger partial charge in [-0.25, -0.2) is 0 Å². The largest absolute Gasteiger partial charge is 0.309 e. The second kappa shape index (κ2) is 11.8. The number of hydrogen-bond donors (Lipinski definition) is 0. The molecule has 5 nitrogen and oxygen atoms in total. The molecule has 3 heterocycles. The summed E-state index contributed by atoms with van der Waals surface area (Å²) in [5, 5.41) is 27.1. The van der Waals surface area contributed by atoms with Crippen LogP contribution in [-0.2, 0) is 0 Å². The van der Waals surface area contributed by atoms with Gasteiger partial charge in [0.15, 0.2) is 0 Å². The average molecular weight is 700 g/mol. The fourth-order valence-electron chi connectivity index (χ4n) is 8.70. The molecule has 0 saturated heterocycles. The third kappa shape index (κ3) is 4.58. The molecule has 8 aromatic carbocycles. The molecule has 0 N–H and O–H groups in total. The molecule has 11 aromatic rings. The summed E-state index contributed by atoms with van der Waals surface area (Å²) in [5.74, 6) is 0. The minimum Gasteiger partial charge on any atom is -0.309 e. The molecule has 5 heteroatoms. The van der Waals surface area contributed by atoms with Crippen LogP contribution >= 0.6 is 0 Å². The zero-order chi connectivity index (χ0) is 36.6. The number of benzene rings is 8. The molecule has 0 aliphatic rings. The van der Waals surface area contributed by atoms with Crippen molar-refractivity contribution in [1.82, 2.24) is 13.7 Å². The molecule has 0 amide bonds. The minimum atomic E-state index is 0.596. The van der Waals surface area contributed by atoms with Gasteiger partial charge in [-0.15, -0.1) is 0 Å². The Morgan fingerprint density at radius 2 is 0.745 bits per heavy atom. The number of hydrogen-bond acceptors (Lipinski definition) is 2. The maximum Gasteiger partial charge on any atom is 0.0992 e. The van der Waals surface area contributed by atoms with Crippen molar-refractivity contribution in [2.24, 2.45) is 0 Å². The highest BCUT2D eigenvalue weighted by atomic mass is 15.0. The Balaban J connectivity index is 1.11. The highest BCUT2D eigenvalue weighted by Crippen LogP contribution is 2.39. The maximum atomic E-state index is 10.3. The molecule has 254 valence electrons. The zero-order valence-corrected chi connectivity index (χ0v) is 29.5. The van der Waals surface area contributed by atoms with Crippen LogP contribution in [0.15, 0.2) is 176 Å². The molecule has 55 heavy (non-hydrogen) atoms. The van der Waals surface area contributed by atoms with Gasteiger partial charge in [0.05, 0.1) is 56.4 Å². The number of nitrogens with zero attached hydrogens (tertiary/aromatic N) is 5. The number of rotatable bonds is 4. The highest BCUT2D eigenvalue weighted by molar-refractivity contribution is 6.13. The summed E-state index contributed by atoms with van der Waals surface area (Å²) in [4.78, 5) is 0. The lowest BCUT2D eigenvalue weighted by molar-refractivity contribution is 1.16. The van der Waals surface area contributed by atoms with Crippen LogP contribution in [-0.4, -0.2) is 13.7 Å². The summed E-state index contributed by atoms with van der Waals surface area (Å²) < 4.78 is 6.87.